The lowest BCUT2D eigenvalue weighted by atomic mass is 10.2. The summed E-state index contributed by atoms with van der Waals surface area (Å²) in [6, 6.07) is -1.25. The Labute approximate surface area is 127 Å². The second kappa shape index (κ2) is 7.51. The number of hydrogen-bond acceptors (Lipinski definition) is 6. The minimum Gasteiger partial charge on any atom is -0.480 e. The molecule has 1 atom stereocenters. The molecule has 1 amide bonds. The fraction of sp³-hybridized carbons (Fsp3) is 0.583. The molecule has 0 aromatic carbocycles. The molecule has 0 aliphatic rings. The molecule has 0 saturated carbocycles. The van der Waals surface area contributed by atoms with Crippen LogP contribution in [0, 0.1) is 0 Å². The Kier molecular flexibility index (Phi) is 6.28. The number of carboxylic acid groups (broad SMARTS) is 1. The largest absolute Gasteiger partial charge is 0.480 e. The van der Waals surface area contributed by atoms with Crippen LogP contribution in [-0.2, 0) is 21.1 Å². The molecule has 9 heteroatoms. The Morgan fingerprint density at radius 3 is 2.67 bits per heavy atom. The number of nitrogens with zero attached hydrogens (tertiary/aromatic N) is 1. The molecule has 0 aliphatic heterocycles. The zero-order chi connectivity index (χ0) is 16.0. The van der Waals surface area contributed by atoms with Gasteiger partial charge in [0.15, 0.2) is 0 Å². The molecular formula is C12H18N2O5S2. The number of carbonyl (C=O) groups is 2. The lowest BCUT2D eigenvalue weighted by molar-refractivity contribution is -0.139. The van der Waals surface area contributed by atoms with Crippen LogP contribution in [0.25, 0.3) is 0 Å². The zero-order valence-corrected chi connectivity index (χ0v) is 13.5. The second-order valence-corrected chi connectivity index (χ2v) is 7.86. The van der Waals surface area contributed by atoms with Crippen LogP contribution >= 0.6 is 11.3 Å². The summed E-state index contributed by atoms with van der Waals surface area (Å²) >= 11 is 1.34. The number of carbonyl (C=O) groups excluding carboxylic acids is 1. The van der Waals surface area contributed by atoms with E-state index in [-0.39, 0.29) is 17.9 Å². The standard InChI is InChI=1S/C12H18N2O5S2/c1-3-4-10-13-9(7-20-10)11(15)14-8(12(16)17)5-6-21(2,18)19/h7-8H,3-6H2,1-2H3,(H,14,15)(H,16,17)/t8-/m0/s1. The van der Waals surface area contributed by atoms with E-state index in [1.807, 2.05) is 6.92 Å². The van der Waals surface area contributed by atoms with Gasteiger partial charge in [-0.25, -0.2) is 18.2 Å². The molecule has 0 aliphatic carbocycles. The monoisotopic (exact) mass is 334 g/mol. The molecule has 0 radical (unpaired) electrons. The van der Waals surface area contributed by atoms with E-state index in [0.717, 1.165) is 24.1 Å². The van der Waals surface area contributed by atoms with Crippen LogP contribution in [0.5, 0.6) is 0 Å². The van der Waals surface area contributed by atoms with Crippen LogP contribution in [0.3, 0.4) is 0 Å². The highest BCUT2D eigenvalue weighted by molar-refractivity contribution is 7.90. The molecule has 1 heterocycles. The molecule has 0 bridgehead atoms. The van der Waals surface area contributed by atoms with Crippen LogP contribution in [0.15, 0.2) is 5.38 Å². The Bertz CT molecular complexity index is 609. The number of thiazole rings is 1. The summed E-state index contributed by atoms with van der Waals surface area (Å²) in [5.41, 5.74) is 0.161. The third-order valence-corrected chi connectivity index (χ3v) is 4.51. The summed E-state index contributed by atoms with van der Waals surface area (Å²) in [6.07, 6.45) is 2.51. The van der Waals surface area contributed by atoms with Crippen molar-refractivity contribution in [2.75, 3.05) is 12.0 Å². The van der Waals surface area contributed by atoms with Gasteiger partial charge in [0, 0.05) is 11.6 Å². The summed E-state index contributed by atoms with van der Waals surface area (Å²) in [5.74, 6) is -2.17. The number of aliphatic carboxylic acids is 1. The summed E-state index contributed by atoms with van der Waals surface area (Å²) in [5, 5.41) is 13.7. The summed E-state index contributed by atoms with van der Waals surface area (Å²) < 4.78 is 22.1. The predicted octanol–water partition coefficient (Wildman–Crippen LogP) is 0.713. The number of aryl methyl sites for hydroxylation is 1. The summed E-state index contributed by atoms with van der Waals surface area (Å²) in [4.78, 5) is 27.1. The van der Waals surface area contributed by atoms with Gasteiger partial charge in [0.05, 0.1) is 10.8 Å². The lowest BCUT2D eigenvalue weighted by Crippen LogP contribution is -2.42. The molecule has 1 aromatic rings. The molecule has 1 aromatic heterocycles. The van der Waals surface area contributed by atoms with Crippen LogP contribution in [-0.4, -0.2) is 48.4 Å². The molecule has 21 heavy (non-hydrogen) atoms. The van der Waals surface area contributed by atoms with E-state index in [2.05, 4.69) is 10.3 Å². The maximum Gasteiger partial charge on any atom is 0.326 e. The van der Waals surface area contributed by atoms with E-state index >= 15 is 0 Å². The van der Waals surface area contributed by atoms with E-state index in [4.69, 9.17) is 5.11 Å². The molecular weight excluding hydrogens is 316 g/mol. The van der Waals surface area contributed by atoms with Crippen LogP contribution < -0.4 is 5.32 Å². The number of hydrogen-bond donors (Lipinski definition) is 2. The van der Waals surface area contributed by atoms with E-state index in [1.165, 1.54) is 11.3 Å². The smallest absolute Gasteiger partial charge is 0.326 e. The minimum absolute atomic E-state index is 0.161. The second-order valence-electron chi connectivity index (χ2n) is 4.66. The maximum absolute atomic E-state index is 11.9. The number of sulfone groups is 1. The Hall–Kier alpha value is -1.48. The third-order valence-electron chi connectivity index (χ3n) is 2.63. The van der Waals surface area contributed by atoms with Gasteiger partial charge in [-0.05, 0) is 19.3 Å². The van der Waals surface area contributed by atoms with Gasteiger partial charge >= 0.3 is 5.97 Å². The molecule has 0 saturated heterocycles. The highest BCUT2D eigenvalue weighted by atomic mass is 32.2. The maximum atomic E-state index is 11.9. The SMILES string of the molecule is CCCc1nc(C(=O)N[C@@H](CCS(C)(=O)=O)C(=O)O)cs1. The van der Waals surface area contributed by atoms with Crippen molar-refractivity contribution in [3.63, 3.8) is 0 Å². The highest BCUT2D eigenvalue weighted by Crippen LogP contribution is 2.12. The number of amides is 1. The van der Waals surface area contributed by atoms with Crippen molar-refractivity contribution in [3.8, 4) is 0 Å². The first-order valence-electron chi connectivity index (χ1n) is 6.38. The molecule has 0 fully saturated rings. The topological polar surface area (TPSA) is 113 Å². The van der Waals surface area contributed by atoms with Gasteiger partial charge in [0.1, 0.15) is 21.6 Å². The fourth-order valence-corrected chi connectivity index (χ4v) is 3.11. The highest BCUT2D eigenvalue weighted by Gasteiger charge is 2.23. The van der Waals surface area contributed by atoms with Crippen LogP contribution in [0.1, 0.15) is 35.3 Å². The van der Waals surface area contributed by atoms with Gasteiger partial charge in [-0.15, -0.1) is 11.3 Å². The lowest BCUT2D eigenvalue weighted by Gasteiger charge is -2.12. The van der Waals surface area contributed by atoms with Crippen LogP contribution in [0.4, 0.5) is 0 Å². The number of rotatable bonds is 8. The van der Waals surface area contributed by atoms with Crippen molar-refractivity contribution >= 4 is 33.1 Å². The minimum atomic E-state index is -3.28. The first-order chi connectivity index (χ1) is 9.73. The van der Waals surface area contributed by atoms with Gasteiger partial charge in [-0.1, -0.05) is 6.92 Å². The first-order valence-corrected chi connectivity index (χ1v) is 9.32. The van der Waals surface area contributed by atoms with Gasteiger partial charge in [-0.3, -0.25) is 4.79 Å². The van der Waals surface area contributed by atoms with Crippen molar-refractivity contribution in [3.05, 3.63) is 16.1 Å². The van der Waals surface area contributed by atoms with Gasteiger partial charge in [-0.2, -0.15) is 0 Å². The third kappa shape index (κ3) is 6.21. The zero-order valence-electron chi connectivity index (χ0n) is 11.8. The van der Waals surface area contributed by atoms with Gasteiger partial charge in [0.25, 0.3) is 5.91 Å². The van der Waals surface area contributed by atoms with Gasteiger partial charge in [0.2, 0.25) is 0 Å². The number of aromatic nitrogens is 1. The van der Waals surface area contributed by atoms with Crippen molar-refractivity contribution in [1.82, 2.24) is 10.3 Å². The summed E-state index contributed by atoms with van der Waals surface area (Å²) in [6.45, 7) is 1.99. The first kappa shape index (κ1) is 17.6. The normalized spacial score (nSPS) is 12.9. The van der Waals surface area contributed by atoms with Gasteiger partial charge < -0.3 is 10.4 Å². The van der Waals surface area contributed by atoms with E-state index < -0.39 is 27.8 Å². The Morgan fingerprint density at radius 2 is 2.14 bits per heavy atom. The van der Waals surface area contributed by atoms with Crippen molar-refractivity contribution in [2.45, 2.75) is 32.2 Å². The van der Waals surface area contributed by atoms with E-state index in [9.17, 15) is 18.0 Å². The van der Waals surface area contributed by atoms with Crippen molar-refractivity contribution in [2.24, 2.45) is 0 Å². The molecule has 1 rings (SSSR count). The van der Waals surface area contributed by atoms with E-state index in [1.54, 1.807) is 5.38 Å². The Balaban J connectivity index is 2.69. The number of carboxylic acids is 1. The molecule has 0 unspecified atom stereocenters. The molecule has 2 N–H and O–H groups in total. The van der Waals surface area contributed by atoms with Crippen LogP contribution in [0.2, 0.25) is 0 Å². The average molecular weight is 334 g/mol. The fourth-order valence-electron chi connectivity index (χ4n) is 1.57. The quantitative estimate of drug-likeness (QED) is 0.724. The predicted molar refractivity (Wildman–Crippen MR) is 79.3 cm³/mol. The van der Waals surface area contributed by atoms with Crippen molar-refractivity contribution in [1.29, 1.82) is 0 Å². The average Bonchev–Trinajstić information content (AvgIpc) is 2.81. The van der Waals surface area contributed by atoms with E-state index in [0.29, 0.717) is 0 Å². The summed E-state index contributed by atoms with van der Waals surface area (Å²) in [7, 11) is -3.28. The molecule has 118 valence electrons. The van der Waals surface area contributed by atoms with Crippen molar-refractivity contribution < 1.29 is 23.1 Å². The Morgan fingerprint density at radius 1 is 1.48 bits per heavy atom. The molecule has 0 spiro atoms. The number of nitrogens with one attached hydrogen (secondary N) is 1. The molecule has 7 nitrogen and oxygen atoms in total.